The largest absolute Gasteiger partial charge is 0.334 e. The third-order valence-electron chi connectivity index (χ3n) is 4.28. The number of carbonyl (C=O) groups is 1. The molecule has 0 N–H and O–H groups in total. The van der Waals surface area contributed by atoms with Crippen molar-refractivity contribution in [1.29, 1.82) is 0 Å². The summed E-state index contributed by atoms with van der Waals surface area (Å²) in [5.41, 5.74) is 0.535. The van der Waals surface area contributed by atoms with Gasteiger partial charge in [0.2, 0.25) is 5.91 Å². The van der Waals surface area contributed by atoms with Crippen LogP contribution in [0.5, 0.6) is 0 Å². The lowest BCUT2D eigenvalue weighted by Crippen LogP contribution is -2.38. The molecule has 0 aliphatic heterocycles. The first-order valence-corrected chi connectivity index (χ1v) is 9.28. The van der Waals surface area contributed by atoms with E-state index in [-0.39, 0.29) is 35.2 Å². The minimum atomic E-state index is -0.452. The Hall–Kier alpha value is -2.41. The molecule has 1 amide bonds. The lowest BCUT2D eigenvalue weighted by atomic mass is 10.2. The Morgan fingerprint density at radius 2 is 1.92 bits per heavy atom. The molecule has 136 valence electrons. The first kappa shape index (κ1) is 18.4. The summed E-state index contributed by atoms with van der Waals surface area (Å²) in [4.78, 5) is 25.7. The zero-order valence-corrected chi connectivity index (χ0v) is 15.1. The van der Waals surface area contributed by atoms with E-state index in [1.54, 1.807) is 35.2 Å². The van der Waals surface area contributed by atoms with Crippen molar-refractivity contribution in [2.24, 2.45) is 0 Å². The van der Waals surface area contributed by atoms with Gasteiger partial charge < -0.3 is 4.90 Å². The number of nitro benzene ring substituents is 1. The first-order valence-electron chi connectivity index (χ1n) is 8.40. The van der Waals surface area contributed by atoms with Gasteiger partial charge in [-0.2, -0.15) is 0 Å². The van der Waals surface area contributed by atoms with E-state index in [4.69, 9.17) is 0 Å². The van der Waals surface area contributed by atoms with Crippen molar-refractivity contribution in [1.82, 2.24) is 4.90 Å². The van der Waals surface area contributed by atoms with Crippen molar-refractivity contribution >= 4 is 23.4 Å². The van der Waals surface area contributed by atoms with Crippen LogP contribution in [0.4, 0.5) is 10.1 Å². The molecule has 5 nitrogen and oxygen atoms in total. The van der Waals surface area contributed by atoms with Gasteiger partial charge in [0.15, 0.2) is 0 Å². The van der Waals surface area contributed by atoms with E-state index in [0.717, 1.165) is 17.7 Å². The van der Waals surface area contributed by atoms with Crippen LogP contribution in [0.1, 0.15) is 25.3 Å². The fourth-order valence-electron chi connectivity index (χ4n) is 2.72. The molecule has 0 bridgehead atoms. The van der Waals surface area contributed by atoms with Gasteiger partial charge in [-0.3, -0.25) is 14.9 Å². The monoisotopic (exact) mass is 374 g/mol. The Kier molecular flexibility index (Phi) is 5.56. The van der Waals surface area contributed by atoms with E-state index >= 15 is 0 Å². The zero-order valence-electron chi connectivity index (χ0n) is 14.3. The predicted molar refractivity (Wildman–Crippen MR) is 98.4 cm³/mol. The minimum absolute atomic E-state index is 0.0208. The number of amides is 1. The summed E-state index contributed by atoms with van der Waals surface area (Å²) < 4.78 is 13.9. The van der Waals surface area contributed by atoms with Crippen molar-refractivity contribution < 1.29 is 14.1 Å². The number of thioether (sulfide) groups is 1. The maximum atomic E-state index is 13.9. The molecule has 3 rings (SSSR count). The molecule has 0 heterocycles. The van der Waals surface area contributed by atoms with Gasteiger partial charge in [0, 0.05) is 35.2 Å². The second kappa shape index (κ2) is 7.86. The van der Waals surface area contributed by atoms with Gasteiger partial charge in [0.05, 0.1) is 10.2 Å². The summed E-state index contributed by atoms with van der Waals surface area (Å²) in [5, 5.41) is 10.4. The molecule has 0 aromatic heterocycles. The van der Waals surface area contributed by atoms with Crippen LogP contribution in [0.3, 0.4) is 0 Å². The molecule has 2 aromatic rings. The van der Waals surface area contributed by atoms with Gasteiger partial charge in [-0.05, 0) is 38.0 Å². The SMILES string of the molecule is CC(Sc1ccc([N+](=O)[O-])cc1)C(=O)N(Cc1ccccc1F)C1CC1. The Bertz CT molecular complexity index is 809. The molecule has 1 atom stereocenters. The Morgan fingerprint density at radius 3 is 2.50 bits per heavy atom. The normalized spacial score (nSPS) is 14.7. The number of benzene rings is 2. The number of hydrogen-bond acceptors (Lipinski definition) is 4. The molecular formula is C19H19FN2O3S. The lowest BCUT2D eigenvalue weighted by Gasteiger charge is -2.26. The van der Waals surface area contributed by atoms with Gasteiger partial charge in [-0.15, -0.1) is 11.8 Å². The molecule has 1 aliphatic carbocycles. The second-order valence-corrected chi connectivity index (χ2v) is 7.71. The van der Waals surface area contributed by atoms with Crippen LogP contribution in [0.15, 0.2) is 53.4 Å². The summed E-state index contributed by atoms with van der Waals surface area (Å²) in [6.07, 6.45) is 1.88. The lowest BCUT2D eigenvalue weighted by molar-refractivity contribution is -0.384. The average Bonchev–Trinajstić information content (AvgIpc) is 3.46. The van der Waals surface area contributed by atoms with Crippen LogP contribution in [0.25, 0.3) is 0 Å². The fraction of sp³-hybridized carbons (Fsp3) is 0.316. The Balaban J connectivity index is 1.68. The van der Waals surface area contributed by atoms with E-state index < -0.39 is 4.92 Å². The van der Waals surface area contributed by atoms with Crippen LogP contribution in [-0.2, 0) is 11.3 Å². The van der Waals surface area contributed by atoms with Crippen LogP contribution >= 0.6 is 11.8 Å². The van der Waals surface area contributed by atoms with Crippen molar-refractivity contribution in [2.45, 2.75) is 42.5 Å². The molecule has 1 saturated carbocycles. The zero-order chi connectivity index (χ0) is 18.7. The van der Waals surface area contributed by atoms with Gasteiger partial charge in [-0.25, -0.2) is 4.39 Å². The topological polar surface area (TPSA) is 63.5 Å². The summed E-state index contributed by atoms with van der Waals surface area (Å²) in [7, 11) is 0. The molecular weight excluding hydrogens is 355 g/mol. The van der Waals surface area contributed by atoms with Crippen LogP contribution in [0.2, 0.25) is 0 Å². The summed E-state index contributed by atoms with van der Waals surface area (Å²) in [5.74, 6) is -0.347. The second-order valence-electron chi connectivity index (χ2n) is 6.30. The standard InChI is InChI=1S/C19H19FN2O3S/c1-13(26-17-10-8-16(9-11-17)22(24)25)19(23)21(15-6-7-15)12-14-4-2-3-5-18(14)20/h2-5,8-11,13,15H,6-7,12H2,1H3. The van der Waals surface area contributed by atoms with Crippen molar-refractivity contribution in [3.05, 3.63) is 70.0 Å². The first-order chi connectivity index (χ1) is 12.5. The highest BCUT2D eigenvalue weighted by atomic mass is 32.2. The fourth-order valence-corrected chi connectivity index (χ4v) is 3.66. The maximum Gasteiger partial charge on any atom is 0.269 e. The molecule has 26 heavy (non-hydrogen) atoms. The summed E-state index contributed by atoms with van der Waals surface area (Å²) in [6.45, 7) is 2.08. The van der Waals surface area contributed by atoms with Gasteiger partial charge >= 0.3 is 0 Å². The quantitative estimate of drug-likeness (QED) is 0.409. The predicted octanol–water partition coefficient (Wildman–Crippen LogP) is 4.41. The molecule has 0 saturated heterocycles. The van der Waals surface area contributed by atoms with E-state index in [2.05, 4.69) is 0 Å². The molecule has 0 spiro atoms. The molecule has 1 aliphatic rings. The van der Waals surface area contributed by atoms with Crippen LogP contribution < -0.4 is 0 Å². The highest BCUT2D eigenvalue weighted by molar-refractivity contribution is 8.00. The van der Waals surface area contributed by atoms with Gasteiger partial charge in [0.25, 0.3) is 5.69 Å². The minimum Gasteiger partial charge on any atom is -0.334 e. The Labute approximate surface area is 155 Å². The number of rotatable bonds is 7. The van der Waals surface area contributed by atoms with Crippen molar-refractivity contribution in [3.63, 3.8) is 0 Å². The van der Waals surface area contributed by atoms with Crippen molar-refractivity contribution in [3.8, 4) is 0 Å². The molecule has 0 radical (unpaired) electrons. The third kappa shape index (κ3) is 4.40. The van der Waals surface area contributed by atoms with Crippen LogP contribution in [-0.4, -0.2) is 27.0 Å². The Morgan fingerprint density at radius 1 is 1.27 bits per heavy atom. The molecule has 1 fully saturated rings. The summed E-state index contributed by atoms with van der Waals surface area (Å²) in [6, 6.07) is 12.8. The number of nitrogens with zero attached hydrogens (tertiary/aromatic N) is 2. The molecule has 1 unspecified atom stereocenters. The molecule has 2 aromatic carbocycles. The van der Waals surface area contributed by atoms with Crippen LogP contribution in [0, 0.1) is 15.9 Å². The van der Waals surface area contributed by atoms with E-state index in [9.17, 15) is 19.3 Å². The highest BCUT2D eigenvalue weighted by Gasteiger charge is 2.35. The number of nitro groups is 1. The maximum absolute atomic E-state index is 13.9. The summed E-state index contributed by atoms with van der Waals surface area (Å²) >= 11 is 1.35. The third-order valence-corrected chi connectivity index (χ3v) is 5.38. The average molecular weight is 374 g/mol. The van der Waals surface area contributed by atoms with Gasteiger partial charge in [0.1, 0.15) is 5.82 Å². The smallest absolute Gasteiger partial charge is 0.269 e. The van der Waals surface area contributed by atoms with E-state index in [1.807, 2.05) is 6.92 Å². The number of carbonyl (C=O) groups excluding carboxylic acids is 1. The van der Waals surface area contributed by atoms with E-state index in [0.29, 0.717) is 5.56 Å². The van der Waals surface area contributed by atoms with E-state index in [1.165, 1.54) is 30.0 Å². The number of non-ortho nitro benzene ring substituents is 1. The number of halogens is 1. The highest BCUT2D eigenvalue weighted by Crippen LogP contribution is 2.33. The number of hydrogen-bond donors (Lipinski definition) is 0. The van der Waals surface area contributed by atoms with Gasteiger partial charge in [-0.1, -0.05) is 18.2 Å². The molecule has 7 heteroatoms. The van der Waals surface area contributed by atoms with Crippen molar-refractivity contribution in [2.75, 3.05) is 0 Å².